The Morgan fingerprint density at radius 2 is 1.95 bits per heavy atom. The van der Waals surface area contributed by atoms with Crippen LogP contribution in [-0.4, -0.2) is 14.6 Å². The molecule has 1 atom stereocenters. The van der Waals surface area contributed by atoms with E-state index in [1.54, 1.807) is 11.3 Å². The van der Waals surface area contributed by atoms with Gasteiger partial charge in [-0.15, -0.1) is 0 Å². The topological polar surface area (TPSA) is 30.2 Å². The standard InChI is InChI=1S/C14H17N3S.2C2H6/c1-5-7-12(8-6-2)10(3)13-9-17-14(18-13)15-11(4)16-17;2*1-2/h5-10H,1H2,2-4H3;2*1-2H3/b8-6-,12-7+;;. The Bertz CT molecular complexity index is 586. The summed E-state index contributed by atoms with van der Waals surface area (Å²) < 4.78 is 1.85. The van der Waals surface area contributed by atoms with Crippen molar-refractivity contribution in [3.05, 3.63) is 53.4 Å². The first-order chi connectivity index (χ1) is 10.7. The van der Waals surface area contributed by atoms with E-state index >= 15 is 0 Å². The molecule has 0 aliphatic heterocycles. The number of allylic oxidation sites excluding steroid dienone is 5. The SMILES string of the molecule is C=C/C=C(\C=C/C)C(C)c1cn2nc(C)nc2s1.CC.CC. The Hall–Kier alpha value is -1.68. The van der Waals surface area contributed by atoms with Crippen molar-refractivity contribution in [1.29, 1.82) is 0 Å². The number of nitrogens with zero attached hydrogens (tertiary/aromatic N) is 3. The van der Waals surface area contributed by atoms with Gasteiger partial charge in [0.2, 0.25) is 4.96 Å². The van der Waals surface area contributed by atoms with E-state index in [0.717, 1.165) is 10.8 Å². The van der Waals surface area contributed by atoms with Crippen LogP contribution in [0.2, 0.25) is 0 Å². The lowest BCUT2D eigenvalue weighted by Crippen LogP contribution is -1.94. The van der Waals surface area contributed by atoms with Crippen LogP contribution >= 0.6 is 11.3 Å². The van der Waals surface area contributed by atoms with Gasteiger partial charge >= 0.3 is 0 Å². The molecule has 0 aromatic carbocycles. The number of hydrogen-bond donors (Lipinski definition) is 0. The normalized spacial score (nSPS) is 12.4. The van der Waals surface area contributed by atoms with Crippen LogP contribution in [0, 0.1) is 6.92 Å². The van der Waals surface area contributed by atoms with Crippen LogP contribution in [0.4, 0.5) is 0 Å². The van der Waals surface area contributed by atoms with Gasteiger partial charge in [0.15, 0.2) is 0 Å². The molecule has 2 aromatic heterocycles. The lowest BCUT2D eigenvalue weighted by molar-refractivity contribution is 0.895. The Labute approximate surface area is 139 Å². The van der Waals surface area contributed by atoms with Gasteiger partial charge in [0.05, 0.1) is 0 Å². The molecule has 2 rings (SSSR count). The molecule has 2 heterocycles. The maximum atomic E-state index is 4.38. The summed E-state index contributed by atoms with van der Waals surface area (Å²) in [5.41, 5.74) is 1.24. The quantitative estimate of drug-likeness (QED) is 0.652. The average molecular weight is 320 g/mol. The van der Waals surface area contributed by atoms with Crippen molar-refractivity contribution >= 4 is 16.3 Å². The van der Waals surface area contributed by atoms with Gasteiger partial charge in [0, 0.05) is 17.0 Å². The largest absolute Gasteiger partial charge is 0.212 e. The maximum Gasteiger partial charge on any atom is 0.212 e. The monoisotopic (exact) mass is 319 g/mol. The summed E-state index contributed by atoms with van der Waals surface area (Å²) in [5, 5.41) is 4.33. The minimum Gasteiger partial charge on any atom is -0.211 e. The molecule has 0 saturated carbocycles. The average Bonchev–Trinajstić information content (AvgIpc) is 3.07. The van der Waals surface area contributed by atoms with Gasteiger partial charge in [0.25, 0.3) is 0 Å². The second kappa shape index (κ2) is 11.0. The van der Waals surface area contributed by atoms with Crippen LogP contribution in [0.1, 0.15) is 58.2 Å². The fourth-order valence-corrected chi connectivity index (χ4v) is 2.89. The van der Waals surface area contributed by atoms with Crippen molar-refractivity contribution in [3.8, 4) is 0 Å². The molecule has 0 radical (unpaired) electrons. The summed E-state index contributed by atoms with van der Waals surface area (Å²) in [7, 11) is 0. The second-order valence-electron chi connectivity index (χ2n) is 4.14. The third-order valence-electron chi connectivity index (χ3n) is 2.76. The summed E-state index contributed by atoms with van der Waals surface area (Å²) in [4.78, 5) is 6.59. The highest BCUT2D eigenvalue weighted by molar-refractivity contribution is 7.17. The van der Waals surface area contributed by atoms with Gasteiger partial charge in [-0.3, -0.25) is 0 Å². The molecular formula is C18H29N3S. The van der Waals surface area contributed by atoms with Crippen molar-refractivity contribution in [2.24, 2.45) is 0 Å². The predicted molar refractivity (Wildman–Crippen MR) is 99.8 cm³/mol. The summed E-state index contributed by atoms with van der Waals surface area (Å²) in [6.07, 6.45) is 10.1. The molecule has 122 valence electrons. The third-order valence-corrected chi connectivity index (χ3v) is 3.92. The Balaban J connectivity index is 0.00000102. The summed E-state index contributed by atoms with van der Waals surface area (Å²) in [6, 6.07) is 0. The smallest absolute Gasteiger partial charge is 0.211 e. The highest BCUT2D eigenvalue weighted by Crippen LogP contribution is 2.30. The van der Waals surface area contributed by atoms with Crippen LogP contribution in [-0.2, 0) is 0 Å². The van der Waals surface area contributed by atoms with Crippen LogP contribution in [0.25, 0.3) is 4.96 Å². The van der Waals surface area contributed by atoms with Crippen LogP contribution < -0.4 is 0 Å². The zero-order valence-electron chi connectivity index (χ0n) is 14.9. The van der Waals surface area contributed by atoms with E-state index in [1.165, 1.54) is 10.5 Å². The molecule has 0 N–H and O–H groups in total. The highest BCUT2D eigenvalue weighted by Gasteiger charge is 2.14. The van der Waals surface area contributed by atoms with Gasteiger partial charge in [-0.25, -0.2) is 9.50 Å². The molecular weight excluding hydrogens is 290 g/mol. The molecule has 0 fully saturated rings. The third kappa shape index (κ3) is 5.26. The lowest BCUT2D eigenvalue weighted by atomic mass is 9.99. The number of fused-ring (bicyclic) bond motifs is 1. The van der Waals surface area contributed by atoms with Crippen LogP contribution in [0.15, 0.2) is 42.7 Å². The van der Waals surface area contributed by atoms with Gasteiger partial charge in [-0.1, -0.05) is 76.8 Å². The zero-order chi connectivity index (χ0) is 17.1. The number of aromatic nitrogens is 3. The van der Waals surface area contributed by atoms with E-state index in [1.807, 2.05) is 64.3 Å². The van der Waals surface area contributed by atoms with Gasteiger partial charge in [0.1, 0.15) is 5.82 Å². The Morgan fingerprint density at radius 3 is 2.45 bits per heavy atom. The van der Waals surface area contributed by atoms with Gasteiger partial charge < -0.3 is 0 Å². The first-order valence-electron chi connectivity index (χ1n) is 7.93. The molecule has 4 heteroatoms. The van der Waals surface area contributed by atoms with E-state index < -0.39 is 0 Å². The molecule has 1 unspecified atom stereocenters. The molecule has 0 aliphatic rings. The van der Waals surface area contributed by atoms with E-state index in [4.69, 9.17) is 0 Å². The van der Waals surface area contributed by atoms with Crippen LogP contribution in [0.5, 0.6) is 0 Å². The lowest BCUT2D eigenvalue weighted by Gasteiger charge is -2.09. The number of aryl methyl sites for hydroxylation is 1. The fraction of sp³-hybridized carbons (Fsp3) is 0.444. The van der Waals surface area contributed by atoms with Gasteiger partial charge in [-0.05, 0) is 19.4 Å². The summed E-state index contributed by atoms with van der Waals surface area (Å²) in [5.74, 6) is 1.14. The van der Waals surface area contributed by atoms with E-state index in [9.17, 15) is 0 Å². The molecule has 0 amide bonds. The molecule has 2 aromatic rings. The molecule has 22 heavy (non-hydrogen) atoms. The first-order valence-corrected chi connectivity index (χ1v) is 8.75. The molecule has 0 spiro atoms. The van der Waals surface area contributed by atoms with E-state index in [-0.39, 0.29) is 0 Å². The minimum atomic E-state index is 0.327. The number of rotatable bonds is 4. The Morgan fingerprint density at radius 1 is 1.32 bits per heavy atom. The molecule has 0 aliphatic carbocycles. The van der Waals surface area contributed by atoms with E-state index in [0.29, 0.717) is 5.92 Å². The fourth-order valence-electron chi connectivity index (χ4n) is 1.85. The van der Waals surface area contributed by atoms with E-state index in [2.05, 4.69) is 35.9 Å². The predicted octanol–water partition coefficient (Wildman–Crippen LogP) is 5.94. The minimum absolute atomic E-state index is 0.327. The van der Waals surface area contributed by atoms with Crippen molar-refractivity contribution in [2.75, 3.05) is 0 Å². The van der Waals surface area contributed by atoms with Crippen molar-refractivity contribution in [1.82, 2.24) is 14.6 Å². The van der Waals surface area contributed by atoms with Crippen molar-refractivity contribution in [2.45, 2.75) is 54.4 Å². The van der Waals surface area contributed by atoms with Crippen molar-refractivity contribution < 1.29 is 0 Å². The Kier molecular flexibility index (Phi) is 10.1. The summed E-state index contributed by atoms with van der Waals surface area (Å²) >= 11 is 1.69. The molecule has 0 saturated heterocycles. The van der Waals surface area contributed by atoms with Crippen molar-refractivity contribution in [3.63, 3.8) is 0 Å². The highest BCUT2D eigenvalue weighted by atomic mass is 32.1. The molecule has 3 nitrogen and oxygen atoms in total. The van der Waals surface area contributed by atoms with Gasteiger partial charge in [-0.2, -0.15) is 5.10 Å². The molecule has 0 bridgehead atoms. The number of hydrogen-bond acceptors (Lipinski definition) is 3. The zero-order valence-corrected chi connectivity index (χ0v) is 15.7. The maximum absolute atomic E-state index is 4.38. The second-order valence-corrected chi connectivity index (χ2v) is 5.18. The van der Waals surface area contributed by atoms with Crippen LogP contribution in [0.3, 0.4) is 0 Å². The summed E-state index contributed by atoms with van der Waals surface area (Å²) in [6.45, 7) is 17.9. The first kappa shape index (κ1) is 20.3. The number of thiazole rings is 1.